The Kier molecular flexibility index (Phi) is 2.36. The van der Waals surface area contributed by atoms with E-state index in [2.05, 4.69) is 34.6 Å². The lowest BCUT2D eigenvalue weighted by Crippen LogP contribution is -2.17. The monoisotopic (exact) mass is 179 g/mol. The number of imidazole rings is 1. The van der Waals surface area contributed by atoms with Crippen LogP contribution in [0.3, 0.4) is 0 Å². The highest BCUT2D eigenvalue weighted by atomic mass is 15.2. The van der Waals surface area contributed by atoms with Crippen LogP contribution in [0, 0.1) is 0 Å². The molecule has 1 saturated heterocycles. The summed E-state index contributed by atoms with van der Waals surface area (Å²) in [5, 5.41) is 0. The molecule has 2 rings (SSSR count). The van der Waals surface area contributed by atoms with E-state index in [0.29, 0.717) is 6.04 Å². The van der Waals surface area contributed by atoms with Crippen LogP contribution in [-0.4, -0.2) is 34.6 Å². The quantitative estimate of drug-likeness (QED) is 0.682. The van der Waals surface area contributed by atoms with Crippen molar-refractivity contribution in [1.29, 1.82) is 0 Å². The van der Waals surface area contributed by atoms with Crippen LogP contribution in [0.15, 0.2) is 12.4 Å². The molecule has 0 saturated carbocycles. The zero-order chi connectivity index (χ0) is 9.26. The van der Waals surface area contributed by atoms with Gasteiger partial charge in [-0.1, -0.05) is 6.92 Å². The summed E-state index contributed by atoms with van der Waals surface area (Å²) < 4.78 is 2.34. The lowest BCUT2D eigenvalue weighted by atomic mass is 10.2. The van der Waals surface area contributed by atoms with Crippen molar-refractivity contribution < 1.29 is 0 Å². The van der Waals surface area contributed by atoms with E-state index in [9.17, 15) is 0 Å². The molecule has 1 atom stereocenters. The van der Waals surface area contributed by atoms with Crippen LogP contribution in [0.2, 0.25) is 0 Å². The molecule has 3 nitrogen and oxygen atoms in total. The van der Waals surface area contributed by atoms with E-state index in [0.717, 1.165) is 6.42 Å². The Labute approximate surface area is 79.4 Å². The van der Waals surface area contributed by atoms with Gasteiger partial charge in [-0.25, -0.2) is 4.98 Å². The molecule has 1 aliphatic rings. The van der Waals surface area contributed by atoms with Gasteiger partial charge >= 0.3 is 0 Å². The SMILES string of the molecule is CCc1nccn1C1CCN(C)C1. The smallest absolute Gasteiger partial charge is 0.108 e. The summed E-state index contributed by atoms with van der Waals surface area (Å²) in [6.45, 7) is 4.55. The van der Waals surface area contributed by atoms with Gasteiger partial charge in [0.25, 0.3) is 0 Å². The topological polar surface area (TPSA) is 21.1 Å². The number of likely N-dealkylation sites (N-methyl/N-ethyl adjacent to an activating group) is 1. The molecule has 0 aromatic carbocycles. The van der Waals surface area contributed by atoms with Gasteiger partial charge in [0, 0.05) is 31.4 Å². The summed E-state index contributed by atoms with van der Waals surface area (Å²) in [4.78, 5) is 6.73. The Balaban J connectivity index is 2.16. The zero-order valence-electron chi connectivity index (χ0n) is 8.40. The number of nitrogens with zero attached hydrogens (tertiary/aromatic N) is 3. The van der Waals surface area contributed by atoms with E-state index in [1.807, 2.05) is 6.20 Å². The molecule has 1 fully saturated rings. The first kappa shape index (κ1) is 8.75. The molecule has 0 spiro atoms. The summed E-state index contributed by atoms with van der Waals surface area (Å²) in [6, 6.07) is 0.655. The van der Waals surface area contributed by atoms with Gasteiger partial charge in [0.15, 0.2) is 0 Å². The lowest BCUT2D eigenvalue weighted by molar-refractivity contribution is 0.389. The van der Waals surface area contributed by atoms with Gasteiger partial charge in [0.1, 0.15) is 5.82 Å². The molecule has 1 aromatic rings. The average molecular weight is 179 g/mol. The Morgan fingerprint density at radius 3 is 3.08 bits per heavy atom. The maximum absolute atomic E-state index is 4.35. The van der Waals surface area contributed by atoms with Gasteiger partial charge in [-0.15, -0.1) is 0 Å². The fourth-order valence-corrected chi connectivity index (χ4v) is 2.09. The van der Waals surface area contributed by atoms with Crippen LogP contribution in [-0.2, 0) is 6.42 Å². The second-order valence-electron chi connectivity index (χ2n) is 3.81. The van der Waals surface area contributed by atoms with Gasteiger partial charge < -0.3 is 9.47 Å². The van der Waals surface area contributed by atoms with Crippen LogP contribution in [0.4, 0.5) is 0 Å². The second-order valence-corrected chi connectivity index (χ2v) is 3.81. The Bertz CT molecular complexity index is 279. The standard InChI is InChI=1S/C10H17N3/c1-3-10-11-5-7-13(10)9-4-6-12(2)8-9/h5,7,9H,3-4,6,8H2,1-2H3. The maximum Gasteiger partial charge on any atom is 0.108 e. The van der Waals surface area contributed by atoms with E-state index in [4.69, 9.17) is 0 Å². The van der Waals surface area contributed by atoms with Crippen molar-refractivity contribution in [3.63, 3.8) is 0 Å². The van der Waals surface area contributed by atoms with Gasteiger partial charge in [-0.2, -0.15) is 0 Å². The normalized spacial score (nSPS) is 24.0. The fourth-order valence-electron chi connectivity index (χ4n) is 2.09. The zero-order valence-corrected chi connectivity index (χ0v) is 8.40. The summed E-state index contributed by atoms with van der Waals surface area (Å²) in [6.07, 6.45) is 6.33. The molecule has 13 heavy (non-hydrogen) atoms. The molecule has 72 valence electrons. The lowest BCUT2D eigenvalue weighted by Gasteiger charge is -2.14. The Hall–Kier alpha value is -0.830. The summed E-state index contributed by atoms with van der Waals surface area (Å²) in [5.41, 5.74) is 0. The molecular weight excluding hydrogens is 162 g/mol. The molecule has 0 bridgehead atoms. The average Bonchev–Trinajstić information content (AvgIpc) is 2.71. The number of likely N-dealkylation sites (tertiary alicyclic amines) is 1. The molecule has 1 aliphatic heterocycles. The predicted molar refractivity (Wildman–Crippen MR) is 52.8 cm³/mol. The fraction of sp³-hybridized carbons (Fsp3) is 0.700. The molecule has 0 radical (unpaired) electrons. The number of aromatic nitrogens is 2. The molecular formula is C10H17N3. The third-order valence-electron chi connectivity index (χ3n) is 2.82. The highest BCUT2D eigenvalue weighted by molar-refractivity contribution is 4.97. The first-order valence-corrected chi connectivity index (χ1v) is 5.01. The number of aryl methyl sites for hydroxylation is 1. The van der Waals surface area contributed by atoms with Crippen molar-refractivity contribution in [2.45, 2.75) is 25.8 Å². The minimum atomic E-state index is 0.655. The second kappa shape index (κ2) is 3.50. The molecule has 0 amide bonds. The van der Waals surface area contributed by atoms with Crippen LogP contribution < -0.4 is 0 Å². The van der Waals surface area contributed by atoms with Crippen LogP contribution in [0.25, 0.3) is 0 Å². The van der Waals surface area contributed by atoms with Gasteiger partial charge in [-0.05, 0) is 20.0 Å². The van der Waals surface area contributed by atoms with Crippen molar-refractivity contribution in [1.82, 2.24) is 14.5 Å². The molecule has 1 unspecified atom stereocenters. The van der Waals surface area contributed by atoms with E-state index < -0.39 is 0 Å². The van der Waals surface area contributed by atoms with Crippen LogP contribution in [0.5, 0.6) is 0 Å². The van der Waals surface area contributed by atoms with E-state index in [-0.39, 0.29) is 0 Å². The summed E-state index contributed by atoms with van der Waals surface area (Å²) in [5.74, 6) is 1.22. The molecule has 1 aromatic heterocycles. The van der Waals surface area contributed by atoms with E-state index in [1.165, 1.54) is 25.3 Å². The summed E-state index contributed by atoms with van der Waals surface area (Å²) in [7, 11) is 2.18. The third kappa shape index (κ3) is 1.61. The predicted octanol–water partition coefficient (Wildman–Crippen LogP) is 1.32. The molecule has 0 N–H and O–H groups in total. The Morgan fingerprint density at radius 2 is 2.46 bits per heavy atom. The van der Waals surface area contributed by atoms with Gasteiger partial charge in [0.2, 0.25) is 0 Å². The first-order chi connectivity index (χ1) is 6.31. The minimum absolute atomic E-state index is 0.655. The van der Waals surface area contributed by atoms with Crippen molar-refractivity contribution in [2.24, 2.45) is 0 Å². The largest absolute Gasteiger partial charge is 0.331 e. The highest BCUT2D eigenvalue weighted by Crippen LogP contribution is 2.21. The molecule has 0 aliphatic carbocycles. The van der Waals surface area contributed by atoms with Crippen LogP contribution in [0.1, 0.15) is 25.2 Å². The minimum Gasteiger partial charge on any atom is -0.331 e. The molecule has 2 heterocycles. The van der Waals surface area contributed by atoms with E-state index >= 15 is 0 Å². The number of rotatable bonds is 2. The van der Waals surface area contributed by atoms with Crippen molar-refractivity contribution in [2.75, 3.05) is 20.1 Å². The highest BCUT2D eigenvalue weighted by Gasteiger charge is 2.21. The Morgan fingerprint density at radius 1 is 1.62 bits per heavy atom. The first-order valence-electron chi connectivity index (χ1n) is 5.01. The third-order valence-corrected chi connectivity index (χ3v) is 2.82. The van der Waals surface area contributed by atoms with Gasteiger partial charge in [-0.3, -0.25) is 0 Å². The van der Waals surface area contributed by atoms with Crippen molar-refractivity contribution in [3.8, 4) is 0 Å². The maximum atomic E-state index is 4.35. The number of hydrogen-bond acceptors (Lipinski definition) is 2. The molecule has 3 heteroatoms. The summed E-state index contributed by atoms with van der Waals surface area (Å²) >= 11 is 0. The van der Waals surface area contributed by atoms with Crippen LogP contribution >= 0.6 is 0 Å². The van der Waals surface area contributed by atoms with Gasteiger partial charge in [0.05, 0.1) is 0 Å². The van der Waals surface area contributed by atoms with Crippen molar-refractivity contribution in [3.05, 3.63) is 18.2 Å². The van der Waals surface area contributed by atoms with Crippen molar-refractivity contribution >= 4 is 0 Å². The number of hydrogen-bond donors (Lipinski definition) is 0. The van der Waals surface area contributed by atoms with E-state index in [1.54, 1.807) is 0 Å².